The Morgan fingerprint density at radius 2 is 1.78 bits per heavy atom. The van der Waals surface area contributed by atoms with E-state index in [0.29, 0.717) is 23.7 Å². The van der Waals surface area contributed by atoms with Crippen LogP contribution in [0.4, 0.5) is 14.5 Å². The van der Waals surface area contributed by atoms with Gasteiger partial charge in [0, 0.05) is 23.8 Å². The Morgan fingerprint density at radius 3 is 2.50 bits per heavy atom. The van der Waals surface area contributed by atoms with E-state index in [1.54, 1.807) is 17.0 Å². The monoisotopic (exact) mass is 536 g/mol. The first-order chi connectivity index (χ1) is 16.9. The number of carbonyl (C=O) groups is 1. The molecule has 9 heteroatoms. The van der Waals surface area contributed by atoms with E-state index in [0.717, 1.165) is 29.7 Å². The zero-order valence-electron chi connectivity index (χ0n) is 19.6. The van der Waals surface area contributed by atoms with Crippen molar-refractivity contribution in [3.63, 3.8) is 0 Å². The van der Waals surface area contributed by atoms with E-state index in [-0.39, 0.29) is 55.6 Å². The van der Waals surface area contributed by atoms with Crippen LogP contribution >= 0.6 is 24.0 Å². The Bertz CT molecular complexity index is 1180. The number of fused-ring (bicyclic) bond motifs is 1. The molecule has 5 nitrogen and oxygen atoms in total. The van der Waals surface area contributed by atoms with Crippen LogP contribution in [0.15, 0.2) is 60.7 Å². The van der Waals surface area contributed by atoms with Crippen molar-refractivity contribution < 1.29 is 23.0 Å². The van der Waals surface area contributed by atoms with Gasteiger partial charge < -0.3 is 20.1 Å². The lowest BCUT2D eigenvalue weighted by molar-refractivity contribution is -0.122. The number of anilines is 1. The summed E-state index contributed by atoms with van der Waals surface area (Å²) < 4.78 is 38.4. The summed E-state index contributed by atoms with van der Waals surface area (Å²) in [4.78, 5) is 15.0. The van der Waals surface area contributed by atoms with Gasteiger partial charge in [-0.25, -0.2) is 8.78 Å². The molecule has 1 aliphatic heterocycles. The van der Waals surface area contributed by atoms with Gasteiger partial charge in [-0.2, -0.15) is 0 Å². The van der Waals surface area contributed by atoms with E-state index >= 15 is 0 Å². The molecule has 0 aromatic heterocycles. The predicted octanol–water partition coefficient (Wildman–Crippen LogP) is 5.59. The predicted molar refractivity (Wildman–Crippen MR) is 139 cm³/mol. The molecular formula is C27H28Cl2F2N2O3. The van der Waals surface area contributed by atoms with Crippen molar-refractivity contribution in [3.8, 4) is 11.5 Å². The van der Waals surface area contributed by atoms with E-state index in [9.17, 15) is 13.6 Å². The minimum Gasteiger partial charge on any atom is -0.490 e. The zero-order chi connectivity index (χ0) is 24.8. The smallest absolute Gasteiger partial charge is 0.231 e. The summed E-state index contributed by atoms with van der Waals surface area (Å²) in [5.41, 5.74) is 8.55. The van der Waals surface area contributed by atoms with Gasteiger partial charge in [-0.3, -0.25) is 4.79 Å². The molecule has 0 fully saturated rings. The number of halogens is 4. The minimum absolute atomic E-state index is 0. The fourth-order valence-electron chi connectivity index (χ4n) is 4.20. The molecule has 1 unspecified atom stereocenters. The summed E-state index contributed by atoms with van der Waals surface area (Å²) in [7, 11) is 0. The molecule has 4 rings (SSSR count). The molecule has 1 amide bonds. The largest absolute Gasteiger partial charge is 0.490 e. The van der Waals surface area contributed by atoms with Gasteiger partial charge in [0.05, 0.1) is 5.92 Å². The van der Waals surface area contributed by atoms with Crippen molar-refractivity contribution in [1.29, 1.82) is 0 Å². The molecule has 0 bridgehead atoms. The lowest BCUT2D eigenvalue weighted by Crippen LogP contribution is -2.42. The van der Waals surface area contributed by atoms with Crippen LogP contribution in [0.25, 0.3) is 0 Å². The molecule has 3 aromatic carbocycles. The molecule has 1 aliphatic rings. The topological polar surface area (TPSA) is 64.8 Å². The molecule has 1 atom stereocenters. The molecule has 0 radical (unpaired) electrons. The van der Waals surface area contributed by atoms with E-state index < -0.39 is 5.82 Å². The van der Waals surface area contributed by atoms with E-state index in [4.69, 9.17) is 26.8 Å². The van der Waals surface area contributed by atoms with Gasteiger partial charge in [0.1, 0.15) is 24.8 Å². The van der Waals surface area contributed by atoms with Crippen LogP contribution in [-0.4, -0.2) is 32.2 Å². The molecule has 0 saturated heterocycles. The summed E-state index contributed by atoms with van der Waals surface area (Å²) in [5, 5.41) is 0.306. The Morgan fingerprint density at radius 1 is 1.03 bits per heavy atom. The van der Waals surface area contributed by atoms with Gasteiger partial charge in [-0.15, -0.1) is 12.4 Å². The SMILES string of the molecule is Cl.NCC(Cc1ccc(OCCOc2ccc(Cl)cc2F)cc1)C(=O)N1CCCc2cc(F)ccc21. The number of aryl methyl sites for hydroxylation is 1. The number of benzene rings is 3. The minimum atomic E-state index is -0.522. The van der Waals surface area contributed by atoms with Gasteiger partial charge >= 0.3 is 0 Å². The Labute approximate surface area is 220 Å². The number of nitrogens with zero attached hydrogens (tertiary/aromatic N) is 1. The number of carbonyl (C=O) groups excluding carboxylic acids is 1. The summed E-state index contributed by atoms with van der Waals surface area (Å²) in [6.45, 7) is 1.22. The molecule has 1 heterocycles. The van der Waals surface area contributed by atoms with E-state index in [1.165, 1.54) is 24.3 Å². The van der Waals surface area contributed by atoms with Gasteiger partial charge in [0.15, 0.2) is 11.6 Å². The second kappa shape index (κ2) is 12.9. The van der Waals surface area contributed by atoms with Gasteiger partial charge in [0.2, 0.25) is 5.91 Å². The summed E-state index contributed by atoms with van der Waals surface area (Å²) in [5.74, 6) is -0.498. The number of rotatable bonds is 9. The highest BCUT2D eigenvalue weighted by Crippen LogP contribution is 2.29. The van der Waals surface area contributed by atoms with E-state index in [2.05, 4.69) is 0 Å². The van der Waals surface area contributed by atoms with Crippen molar-refractivity contribution in [2.24, 2.45) is 11.7 Å². The number of hydrogen-bond donors (Lipinski definition) is 1. The Kier molecular flexibility index (Phi) is 9.93. The first-order valence-electron chi connectivity index (χ1n) is 11.5. The van der Waals surface area contributed by atoms with E-state index in [1.807, 2.05) is 24.3 Å². The molecule has 36 heavy (non-hydrogen) atoms. The average molecular weight is 537 g/mol. The Hall–Kier alpha value is -2.87. The zero-order valence-corrected chi connectivity index (χ0v) is 21.2. The van der Waals surface area contributed by atoms with Gasteiger partial charge in [-0.1, -0.05) is 23.7 Å². The highest BCUT2D eigenvalue weighted by atomic mass is 35.5. The maximum absolute atomic E-state index is 13.7. The Balaban J connectivity index is 0.00000361. The summed E-state index contributed by atoms with van der Waals surface area (Å²) >= 11 is 5.73. The third-order valence-corrected chi connectivity index (χ3v) is 6.20. The molecule has 0 saturated carbocycles. The lowest BCUT2D eigenvalue weighted by atomic mass is 9.95. The third-order valence-electron chi connectivity index (χ3n) is 5.97. The summed E-state index contributed by atoms with van der Waals surface area (Å²) in [6, 6.07) is 16.2. The van der Waals surface area contributed by atoms with Crippen molar-refractivity contribution in [2.45, 2.75) is 19.3 Å². The van der Waals surface area contributed by atoms with Crippen molar-refractivity contribution in [3.05, 3.63) is 88.4 Å². The second-order valence-corrected chi connectivity index (χ2v) is 8.86. The molecule has 3 aromatic rings. The molecule has 192 valence electrons. The van der Waals surface area contributed by atoms with Crippen LogP contribution in [0.5, 0.6) is 11.5 Å². The van der Waals surface area contributed by atoms with Crippen molar-refractivity contribution in [1.82, 2.24) is 0 Å². The summed E-state index contributed by atoms with van der Waals surface area (Å²) in [6.07, 6.45) is 2.03. The normalized spacial score (nSPS) is 13.4. The van der Waals surface area contributed by atoms with Crippen LogP contribution in [0.2, 0.25) is 5.02 Å². The van der Waals surface area contributed by atoms with Gasteiger partial charge in [0.25, 0.3) is 0 Å². The number of hydrogen-bond acceptors (Lipinski definition) is 4. The quantitative estimate of drug-likeness (QED) is 0.362. The standard InChI is InChI=1S/C27H27ClF2N2O3.ClH/c28-21-5-10-26(24(30)16-21)35-13-12-34-23-7-3-18(4-8-23)14-20(17-31)27(33)32-11-1-2-19-15-22(29)6-9-25(19)32;/h3-10,15-16,20H,1-2,11-14,17,31H2;1H. The first kappa shape index (κ1) is 27.7. The number of ether oxygens (including phenoxy) is 2. The molecule has 0 aliphatic carbocycles. The lowest BCUT2D eigenvalue weighted by Gasteiger charge is -2.32. The highest BCUT2D eigenvalue weighted by molar-refractivity contribution is 6.30. The van der Waals surface area contributed by atoms with Crippen LogP contribution in [-0.2, 0) is 17.6 Å². The molecule has 0 spiro atoms. The van der Waals surface area contributed by atoms with Gasteiger partial charge in [-0.05, 0) is 78.9 Å². The van der Waals surface area contributed by atoms with Crippen LogP contribution in [0.3, 0.4) is 0 Å². The maximum Gasteiger partial charge on any atom is 0.231 e. The first-order valence-corrected chi connectivity index (χ1v) is 11.9. The maximum atomic E-state index is 13.7. The fourth-order valence-corrected chi connectivity index (χ4v) is 4.35. The highest BCUT2D eigenvalue weighted by Gasteiger charge is 2.28. The molecule has 2 N–H and O–H groups in total. The van der Waals surface area contributed by atoms with Crippen LogP contribution in [0.1, 0.15) is 17.5 Å². The van der Waals surface area contributed by atoms with Crippen molar-refractivity contribution in [2.75, 3.05) is 31.2 Å². The molecular weight excluding hydrogens is 509 g/mol. The average Bonchev–Trinajstić information content (AvgIpc) is 2.86. The third kappa shape index (κ3) is 6.87. The van der Waals surface area contributed by atoms with Crippen LogP contribution < -0.4 is 20.1 Å². The van der Waals surface area contributed by atoms with Crippen LogP contribution in [0, 0.1) is 17.6 Å². The van der Waals surface area contributed by atoms with Crippen molar-refractivity contribution >= 4 is 35.6 Å². The second-order valence-electron chi connectivity index (χ2n) is 8.42. The fraction of sp³-hybridized carbons (Fsp3) is 0.296. The number of amides is 1. The number of nitrogens with two attached hydrogens (primary N) is 1.